The first kappa shape index (κ1) is 20.7. The van der Waals surface area contributed by atoms with Crippen LogP contribution >= 0.6 is 0 Å². The lowest BCUT2D eigenvalue weighted by atomic mass is 9.77. The molecule has 3 heterocycles. The number of nitrogens with zero attached hydrogens (tertiary/aromatic N) is 5. The molecule has 0 radical (unpaired) electrons. The van der Waals surface area contributed by atoms with Gasteiger partial charge in [-0.3, -0.25) is 4.68 Å². The molecule has 5 rings (SSSR count). The quantitative estimate of drug-likeness (QED) is 0.435. The molecule has 2 N–H and O–H groups in total. The van der Waals surface area contributed by atoms with E-state index in [1.807, 2.05) is 0 Å². The van der Waals surface area contributed by atoms with E-state index < -0.39 is 17.3 Å². The van der Waals surface area contributed by atoms with E-state index in [4.69, 9.17) is 4.52 Å². The van der Waals surface area contributed by atoms with Crippen LogP contribution in [0.4, 0.5) is 14.6 Å². The molecular formula is C22H18F2N6O3. The second kappa shape index (κ2) is 8.08. The average Bonchev–Trinajstić information content (AvgIpc) is 3.43. The average molecular weight is 452 g/mol. The molecule has 1 saturated carbocycles. The molecule has 1 aromatic carbocycles. The van der Waals surface area contributed by atoms with Crippen molar-refractivity contribution in [2.75, 3.05) is 5.32 Å². The van der Waals surface area contributed by atoms with Crippen LogP contribution in [0.1, 0.15) is 24.8 Å². The van der Waals surface area contributed by atoms with Crippen molar-refractivity contribution < 1.29 is 23.2 Å². The Morgan fingerprint density at radius 1 is 1.18 bits per heavy atom. The van der Waals surface area contributed by atoms with Crippen LogP contribution in [0.25, 0.3) is 22.9 Å². The first-order chi connectivity index (χ1) is 15.9. The highest BCUT2D eigenvalue weighted by atomic mass is 19.1. The number of hydrogen-bond acceptors (Lipinski definition) is 7. The van der Waals surface area contributed by atoms with Gasteiger partial charge in [0.15, 0.2) is 17.5 Å². The molecule has 33 heavy (non-hydrogen) atoms. The van der Waals surface area contributed by atoms with Gasteiger partial charge in [0.25, 0.3) is 0 Å². The Morgan fingerprint density at radius 3 is 2.67 bits per heavy atom. The van der Waals surface area contributed by atoms with Gasteiger partial charge in [-0.05, 0) is 31.4 Å². The third-order valence-corrected chi connectivity index (χ3v) is 5.71. The number of carboxylic acid groups (broad SMARTS) is 1. The second-order valence-electron chi connectivity index (χ2n) is 7.80. The van der Waals surface area contributed by atoms with E-state index in [-0.39, 0.29) is 29.7 Å². The molecule has 0 aliphatic heterocycles. The lowest BCUT2D eigenvalue weighted by molar-refractivity contribution is -0.145. The van der Waals surface area contributed by atoms with Gasteiger partial charge in [0.1, 0.15) is 29.0 Å². The van der Waals surface area contributed by atoms with E-state index in [1.165, 1.54) is 17.0 Å². The lowest BCUT2D eigenvalue weighted by Crippen LogP contribution is -2.52. The lowest BCUT2D eigenvalue weighted by Gasteiger charge is -2.38. The fraction of sp³-hybridized carbons (Fsp3) is 0.227. The molecule has 4 aromatic rings. The molecule has 11 heteroatoms. The number of benzene rings is 1. The fourth-order valence-corrected chi connectivity index (χ4v) is 3.71. The standard InChI is InChI=1S/C22H18F2N6O3/c23-14-5-2-1-4-13(14)12-30-18(16-6-9-33-29-16)10-17(28-30)20-25-11-15(24)19(26-20)27-22(21(31)32)7-3-8-22/h1-2,4-6,9-11H,3,7-8,12H2,(H,31,32)(H,25,26,27). The Morgan fingerprint density at radius 2 is 2.00 bits per heavy atom. The predicted octanol–water partition coefficient (Wildman–Crippen LogP) is 3.74. The minimum absolute atomic E-state index is 0.0794. The third kappa shape index (κ3) is 3.81. The smallest absolute Gasteiger partial charge is 0.329 e. The Hall–Kier alpha value is -4.15. The Balaban J connectivity index is 1.53. The van der Waals surface area contributed by atoms with Gasteiger partial charge in [-0.2, -0.15) is 5.10 Å². The van der Waals surface area contributed by atoms with E-state index in [9.17, 15) is 18.7 Å². The van der Waals surface area contributed by atoms with Gasteiger partial charge < -0.3 is 14.9 Å². The van der Waals surface area contributed by atoms with E-state index >= 15 is 0 Å². The van der Waals surface area contributed by atoms with Gasteiger partial charge in [-0.1, -0.05) is 23.4 Å². The van der Waals surface area contributed by atoms with Crippen molar-refractivity contribution in [1.29, 1.82) is 0 Å². The summed E-state index contributed by atoms with van der Waals surface area (Å²) in [5.41, 5.74) is 0.427. The summed E-state index contributed by atoms with van der Waals surface area (Å²) >= 11 is 0. The monoisotopic (exact) mass is 452 g/mol. The van der Waals surface area contributed by atoms with Crippen LogP contribution < -0.4 is 5.32 Å². The van der Waals surface area contributed by atoms with Crippen molar-refractivity contribution >= 4 is 11.8 Å². The van der Waals surface area contributed by atoms with Crippen LogP contribution in [0.5, 0.6) is 0 Å². The summed E-state index contributed by atoms with van der Waals surface area (Å²) < 4.78 is 35.1. The Kier molecular flexibility index (Phi) is 5.08. The molecule has 9 nitrogen and oxygen atoms in total. The summed E-state index contributed by atoms with van der Waals surface area (Å²) in [5, 5.41) is 20.7. The number of nitrogens with one attached hydrogen (secondary N) is 1. The molecule has 0 saturated heterocycles. The van der Waals surface area contributed by atoms with E-state index in [2.05, 4.69) is 25.5 Å². The van der Waals surface area contributed by atoms with Gasteiger partial charge in [0.2, 0.25) is 0 Å². The summed E-state index contributed by atoms with van der Waals surface area (Å²) in [5.74, 6) is -2.35. The van der Waals surface area contributed by atoms with E-state index in [1.54, 1.807) is 30.3 Å². The van der Waals surface area contributed by atoms with Crippen LogP contribution in [0.3, 0.4) is 0 Å². The van der Waals surface area contributed by atoms with Crippen LogP contribution in [0, 0.1) is 11.6 Å². The summed E-state index contributed by atoms with van der Waals surface area (Å²) in [6.07, 6.45) is 3.82. The van der Waals surface area contributed by atoms with Gasteiger partial charge in [-0.15, -0.1) is 0 Å². The SMILES string of the molecule is O=C(O)C1(Nc2nc(-c3cc(-c4ccon4)n(Cc4ccccc4F)n3)ncc2F)CCC1. The predicted molar refractivity (Wildman–Crippen MR) is 112 cm³/mol. The van der Waals surface area contributed by atoms with Gasteiger partial charge in [0, 0.05) is 11.6 Å². The number of carbonyl (C=O) groups is 1. The number of aliphatic carboxylic acids is 1. The van der Waals surface area contributed by atoms with Crippen LogP contribution in [-0.2, 0) is 11.3 Å². The summed E-state index contributed by atoms with van der Waals surface area (Å²) in [6, 6.07) is 9.58. The number of anilines is 1. The maximum absolute atomic E-state index is 14.4. The fourth-order valence-electron chi connectivity index (χ4n) is 3.71. The highest BCUT2D eigenvalue weighted by Crippen LogP contribution is 2.36. The Bertz CT molecular complexity index is 1320. The molecule has 1 fully saturated rings. The molecule has 168 valence electrons. The summed E-state index contributed by atoms with van der Waals surface area (Å²) in [6.45, 7) is 0.100. The maximum atomic E-state index is 14.4. The number of hydrogen-bond donors (Lipinski definition) is 2. The molecular weight excluding hydrogens is 434 g/mol. The number of rotatable bonds is 7. The minimum atomic E-state index is -1.25. The van der Waals surface area contributed by atoms with Crippen LogP contribution in [0.2, 0.25) is 0 Å². The first-order valence-electron chi connectivity index (χ1n) is 10.2. The second-order valence-corrected chi connectivity index (χ2v) is 7.80. The van der Waals surface area contributed by atoms with Crippen molar-refractivity contribution in [1.82, 2.24) is 24.9 Å². The van der Waals surface area contributed by atoms with Crippen molar-refractivity contribution in [2.24, 2.45) is 0 Å². The molecule has 3 aromatic heterocycles. The zero-order valence-corrected chi connectivity index (χ0v) is 17.2. The van der Waals surface area contributed by atoms with Crippen molar-refractivity contribution in [3.8, 4) is 22.9 Å². The molecule has 0 spiro atoms. The largest absolute Gasteiger partial charge is 0.480 e. The van der Waals surface area contributed by atoms with Crippen LogP contribution in [-0.4, -0.2) is 41.5 Å². The number of carboxylic acids is 1. The molecule has 1 aliphatic carbocycles. The van der Waals surface area contributed by atoms with Gasteiger partial charge in [-0.25, -0.2) is 23.5 Å². The molecule has 0 amide bonds. The zero-order chi connectivity index (χ0) is 23.0. The first-order valence-corrected chi connectivity index (χ1v) is 10.2. The molecule has 0 atom stereocenters. The summed E-state index contributed by atoms with van der Waals surface area (Å²) in [4.78, 5) is 19.9. The Labute approximate surface area is 186 Å². The molecule has 0 unspecified atom stereocenters. The summed E-state index contributed by atoms with van der Waals surface area (Å²) in [7, 11) is 0. The van der Waals surface area contributed by atoms with Crippen molar-refractivity contribution in [3.05, 3.63) is 66.1 Å². The van der Waals surface area contributed by atoms with Crippen LogP contribution in [0.15, 0.2) is 53.4 Å². The minimum Gasteiger partial charge on any atom is -0.480 e. The highest BCUT2D eigenvalue weighted by molar-refractivity contribution is 5.83. The third-order valence-electron chi connectivity index (χ3n) is 5.71. The van der Waals surface area contributed by atoms with Crippen molar-refractivity contribution in [2.45, 2.75) is 31.3 Å². The van der Waals surface area contributed by atoms with E-state index in [0.717, 1.165) is 12.6 Å². The molecule has 1 aliphatic rings. The topological polar surface area (TPSA) is 119 Å². The maximum Gasteiger partial charge on any atom is 0.329 e. The van der Waals surface area contributed by atoms with Crippen molar-refractivity contribution in [3.63, 3.8) is 0 Å². The normalized spacial score (nSPS) is 14.6. The number of halogens is 2. The molecule has 0 bridgehead atoms. The zero-order valence-electron chi connectivity index (χ0n) is 17.2. The number of aromatic nitrogens is 5. The van der Waals surface area contributed by atoms with Gasteiger partial charge >= 0.3 is 5.97 Å². The van der Waals surface area contributed by atoms with E-state index in [0.29, 0.717) is 29.8 Å². The van der Waals surface area contributed by atoms with Gasteiger partial charge in [0.05, 0.1) is 18.4 Å². The highest BCUT2D eigenvalue weighted by Gasteiger charge is 2.45.